The lowest BCUT2D eigenvalue weighted by Gasteiger charge is -2.11. The van der Waals surface area contributed by atoms with Crippen LogP contribution < -0.4 is 20.6 Å². The standard InChI is InChI=1S/C19H17FN4O4/c1-2-27-17-8-13(4-6-16(17)28-11-18(22)25)10-23-24-19(26)14-5-3-12(9-21)7-15(14)20/h3-8,10H,2,11H2,1H3,(H2,22,25)(H,24,26)/b23-10-. The number of primary amides is 1. The van der Waals surface area contributed by atoms with Gasteiger partial charge in [0.15, 0.2) is 18.1 Å². The molecule has 0 atom stereocenters. The molecule has 0 saturated carbocycles. The van der Waals surface area contributed by atoms with Crippen molar-refractivity contribution < 1.29 is 23.5 Å². The second-order valence-corrected chi connectivity index (χ2v) is 5.40. The molecule has 28 heavy (non-hydrogen) atoms. The van der Waals surface area contributed by atoms with Gasteiger partial charge in [-0.25, -0.2) is 9.82 Å². The molecule has 0 aliphatic rings. The first kappa shape index (κ1) is 20.4. The van der Waals surface area contributed by atoms with Crippen LogP contribution in [-0.4, -0.2) is 31.2 Å². The van der Waals surface area contributed by atoms with Gasteiger partial charge >= 0.3 is 0 Å². The molecule has 0 aliphatic carbocycles. The Bertz CT molecular complexity index is 953. The molecule has 0 radical (unpaired) electrons. The van der Waals surface area contributed by atoms with Gasteiger partial charge in [0, 0.05) is 0 Å². The van der Waals surface area contributed by atoms with Crippen molar-refractivity contribution in [1.29, 1.82) is 5.26 Å². The first-order chi connectivity index (χ1) is 13.4. The van der Waals surface area contributed by atoms with E-state index in [1.165, 1.54) is 18.3 Å². The molecule has 0 unspecified atom stereocenters. The molecule has 2 aromatic carbocycles. The van der Waals surface area contributed by atoms with Crippen molar-refractivity contribution in [3.63, 3.8) is 0 Å². The van der Waals surface area contributed by atoms with Crippen LogP contribution in [0.2, 0.25) is 0 Å². The summed E-state index contributed by atoms with van der Waals surface area (Å²) < 4.78 is 24.5. The van der Waals surface area contributed by atoms with E-state index >= 15 is 0 Å². The molecule has 2 amide bonds. The third-order valence-electron chi connectivity index (χ3n) is 3.36. The SMILES string of the molecule is CCOc1cc(/C=N\NC(=O)c2ccc(C#N)cc2F)ccc1OCC(N)=O. The highest BCUT2D eigenvalue weighted by Crippen LogP contribution is 2.28. The molecule has 3 N–H and O–H groups in total. The monoisotopic (exact) mass is 384 g/mol. The third-order valence-corrected chi connectivity index (χ3v) is 3.36. The highest BCUT2D eigenvalue weighted by atomic mass is 19.1. The maximum Gasteiger partial charge on any atom is 0.274 e. The number of hydrogen-bond acceptors (Lipinski definition) is 6. The summed E-state index contributed by atoms with van der Waals surface area (Å²) in [7, 11) is 0. The number of hydrazone groups is 1. The van der Waals surface area contributed by atoms with Crippen LogP contribution in [0.3, 0.4) is 0 Å². The minimum atomic E-state index is -0.818. The van der Waals surface area contributed by atoms with Crippen molar-refractivity contribution in [3.05, 3.63) is 58.9 Å². The zero-order valence-electron chi connectivity index (χ0n) is 14.9. The van der Waals surface area contributed by atoms with Gasteiger partial charge in [-0.05, 0) is 48.9 Å². The molecule has 0 spiro atoms. The van der Waals surface area contributed by atoms with Gasteiger partial charge in [0.05, 0.1) is 30.0 Å². The van der Waals surface area contributed by atoms with Crippen LogP contribution in [0.1, 0.15) is 28.4 Å². The van der Waals surface area contributed by atoms with Gasteiger partial charge in [-0.15, -0.1) is 0 Å². The molecule has 0 bridgehead atoms. The number of nitriles is 1. The Balaban J connectivity index is 2.09. The number of halogens is 1. The van der Waals surface area contributed by atoms with Crippen LogP contribution in [0.5, 0.6) is 11.5 Å². The van der Waals surface area contributed by atoms with Gasteiger partial charge in [0.2, 0.25) is 0 Å². The molecule has 144 valence electrons. The Morgan fingerprint density at radius 1 is 1.25 bits per heavy atom. The largest absolute Gasteiger partial charge is 0.490 e. The van der Waals surface area contributed by atoms with Crippen LogP contribution >= 0.6 is 0 Å². The van der Waals surface area contributed by atoms with E-state index in [0.29, 0.717) is 23.7 Å². The van der Waals surface area contributed by atoms with E-state index in [-0.39, 0.29) is 17.7 Å². The number of nitrogens with zero attached hydrogens (tertiary/aromatic N) is 2. The molecule has 0 saturated heterocycles. The lowest BCUT2D eigenvalue weighted by molar-refractivity contribution is -0.119. The first-order valence-electron chi connectivity index (χ1n) is 8.15. The zero-order chi connectivity index (χ0) is 20.5. The average Bonchev–Trinajstić information content (AvgIpc) is 2.67. The molecule has 0 fully saturated rings. The van der Waals surface area contributed by atoms with Gasteiger partial charge in [-0.3, -0.25) is 9.59 Å². The number of rotatable bonds is 8. The molecule has 0 aromatic heterocycles. The minimum Gasteiger partial charge on any atom is -0.490 e. The summed E-state index contributed by atoms with van der Waals surface area (Å²) in [4.78, 5) is 22.8. The highest BCUT2D eigenvalue weighted by molar-refractivity contribution is 5.95. The van der Waals surface area contributed by atoms with Crippen LogP contribution in [0.25, 0.3) is 0 Å². The fourth-order valence-corrected chi connectivity index (χ4v) is 2.14. The zero-order valence-corrected chi connectivity index (χ0v) is 14.9. The van der Waals surface area contributed by atoms with Gasteiger partial charge in [-0.2, -0.15) is 10.4 Å². The molecule has 0 heterocycles. The quantitative estimate of drug-likeness (QED) is 0.529. The van der Waals surface area contributed by atoms with E-state index in [0.717, 1.165) is 6.07 Å². The van der Waals surface area contributed by atoms with Gasteiger partial charge in [0.1, 0.15) is 5.82 Å². The van der Waals surface area contributed by atoms with Crippen molar-refractivity contribution in [2.24, 2.45) is 10.8 Å². The molecular weight excluding hydrogens is 367 g/mol. The van der Waals surface area contributed by atoms with E-state index in [9.17, 15) is 14.0 Å². The Morgan fingerprint density at radius 3 is 2.68 bits per heavy atom. The molecule has 0 aliphatic heterocycles. The number of amides is 2. The minimum absolute atomic E-state index is 0.111. The van der Waals surface area contributed by atoms with Gasteiger partial charge < -0.3 is 15.2 Å². The van der Waals surface area contributed by atoms with Crippen molar-refractivity contribution in [2.75, 3.05) is 13.2 Å². The summed E-state index contributed by atoms with van der Waals surface area (Å²) in [6.07, 6.45) is 1.33. The third kappa shape index (κ3) is 5.54. The van der Waals surface area contributed by atoms with Crippen LogP contribution in [0.15, 0.2) is 41.5 Å². The van der Waals surface area contributed by atoms with Crippen molar-refractivity contribution in [1.82, 2.24) is 5.43 Å². The fraction of sp³-hybridized carbons (Fsp3) is 0.158. The topological polar surface area (TPSA) is 127 Å². The van der Waals surface area contributed by atoms with Crippen molar-refractivity contribution in [3.8, 4) is 17.6 Å². The second kappa shape index (κ2) is 9.68. The van der Waals surface area contributed by atoms with E-state index in [1.54, 1.807) is 31.2 Å². The molecule has 8 nitrogen and oxygen atoms in total. The number of ether oxygens (including phenoxy) is 2. The predicted octanol–water partition coefficient (Wildman–Crippen LogP) is 1.72. The normalized spacial score (nSPS) is 10.3. The smallest absolute Gasteiger partial charge is 0.274 e. The van der Waals surface area contributed by atoms with Crippen LogP contribution in [0.4, 0.5) is 4.39 Å². The van der Waals surface area contributed by atoms with Gasteiger partial charge in [0.25, 0.3) is 11.8 Å². The second-order valence-electron chi connectivity index (χ2n) is 5.40. The Kier molecular flexibility index (Phi) is 7.05. The number of nitrogens with two attached hydrogens (primary N) is 1. The Morgan fingerprint density at radius 2 is 2.04 bits per heavy atom. The molecule has 2 aromatic rings. The van der Waals surface area contributed by atoms with Crippen LogP contribution in [0, 0.1) is 17.1 Å². The fourth-order valence-electron chi connectivity index (χ4n) is 2.14. The highest BCUT2D eigenvalue weighted by Gasteiger charge is 2.12. The number of nitrogens with one attached hydrogen (secondary N) is 1. The number of carbonyl (C=O) groups is 2. The summed E-state index contributed by atoms with van der Waals surface area (Å²) in [5, 5.41) is 12.5. The Labute approximate surface area is 160 Å². The lowest BCUT2D eigenvalue weighted by Crippen LogP contribution is -2.20. The average molecular weight is 384 g/mol. The van der Waals surface area contributed by atoms with Crippen LogP contribution in [-0.2, 0) is 4.79 Å². The van der Waals surface area contributed by atoms with Gasteiger partial charge in [-0.1, -0.05) is 0 Å². The molecule has 9 heteroatoms. The van der Waals surface area contributed by atoms with E-state index in [1.807, 2.05) is 0 Å². The summed E-state index contributed by atoms with van der Waals surface area (Å²) in [6.45, 7) is 1.85. The summed E-state index contributed by atoms with van der Waals surface area (Å²) in [6, 6.07) is 10.1. The molecule has 2 rings (SSSR count). The maximum atomic E-state index is 13.8. The summed E-state index contributed by atoms with van der Waals surface area (Å²) in [5.74, 6) is -1.49. The number of carbonyl (C=O) groups excluding carboxylic acids is 2. The first-order valence-corrected chi connectivity index (χ1v) is 8.15. The number of hydrogen-bond donors (Lipinski definition) is 2. The summed E-state index contributed by atoms with van der Waals surface area (Å²) in [5.41, 5.74) is 7.70. The van der Waals surface area contributed by atoms with E-state index < -0.39 is 17.6 Å². The Hall–Kier alpha value is -3.93. The predicted molar refractivity (Wildman–Crippen MR) is 98.5 cm³/mol. The summed E-state index contributed by atoms with van der Waals surface area (Å²) >= 11 is 0. The number of benzene rings is 2. The lowest BCUT2D eigenvalue weighted by atomic mass is 10.1. The van der Waals surface area contributed by atoms with E-state index in [4.69, 9.17) is 20.5 Å². The maximum absolute atomic E-state index is 13.8. The van der Waals surface area contributed by atoms with Crippen molar-refractivity contribution in [2.45, 2.75) is 6.92 Å². The van der Waals surface area contributed by atoms with Crippen molar-refractivity contribution >= 4 is 18.0 Å². The van der Waals surface area contributed by atoms with E-state index in [2.05, 4.69) is 10.5 Å². The molecular formula is C19H17FN4O4.